The van der Waals surface area contributed by atoms with Crippen LogP contribution in [0.5, 0.6) is 0 Å². The summed E-state index contributed by atoms with van der Waals surface area (Å²) in [4.78, 5) is 38.2. The highest BCUT2D eigenvalue weighted by Crippen LogP contribution is 2.44. The van der Waals surface area contributed by atoms with E-state index in [4.69, 9.17) is 21.7 Å². The van der Waals surface area contributed by atoms with Crippen LogP contribution in [0.2, 0.25) is 0 Å². The third-order valence-corrected chi connectivity index (χ3v) is 8.49. The maximum Gasteiger partial charge on any atom is 0.407 e. The number of rotatable bonds is 11. The average molecular weight is 636 g/mol. The summed E-state index contributed by atoms with van der Waals surface area (Å²) < 4.78 is 10.6. The van der Waals surface area contributed by atoms with Crippen molar-refractivity contribution in [1.29, 1.82) is 0 Å². The monoisotopic (exact) mass is 635 g/mol. The van der Waals surface area contributed by atoms with Gasteiger partial charge in [0.2, 0.25) is 5.91 Å². The van der Waals surface area contributed by atoms with E-state index < -0.39 is 24.0 Å². The van der Waals surface area contributed by atoms with Gasteiger partial charge in [-0.05, 0) is 64.4 Å². The molecule has 4 aromatic rings. The molecule has 46 heavy (non-hydrogen) atoms. The van der Waals surface area contributed by atoms with E-state index in [0.717, 1.165) is 50.9 Å². The lowest BCUT2D eigenvalue weighted by molar-refractivity contribution is -0.142. The lowest BCUT2D eigenvalue weighted by Gasteiger charge is -2.21. The largest absolute Gasteiger partial charge is 0.467 e. The van der Waals surface area contributed by atoms with E-state index in [9.17, 15) is 14.4 Å². The topological polar surface area (TPSA) is 106 Å². The van der Waals surface area contributed by atoms with Crippen LogP contribution in [-0.2, 0) is 31.9 Å². The molecule has 236 valence electrons. The molecule has 1 aliphatic carbocycles. The molecule has 0 bridgehead atoms. The molecule has 9 heteroatoms. The summed E-state index contributed by atoms with van der Waals surface area (Å²) in [5, 5.41) is 8.50. The number of fused-ring (bicyclic) bond motifs is 3. The van der Waals surface area contributed by atoms with Crippen LogP contribution in [0.3, 0.4) is 0 Å². The number of esters is 1. The van der Waals surface area contributed by atoms with Gasteiger partial charge < -0.3 is 25.4 Å². The number of amides is 2. The molecule has 0 saturated carbocycles. The number of carbonyl (C=O) groups excluding carboxylic acids is 3. The molecular weight excluding hydrogens is 598 g/mol. The number of methoxy groups -OCH3 is 1. The maximum atomic E-state index is 12.6. The quantitative estimate of drug-likeness (QED) is 0.135. The molecule has 3 N–H and O–H groups in total. The fourth-order valence-electron chi connectivity index (χ4n) is 5.88. The minimum absolute atomic E-state index is 0.0636. The molecule has 1 aliphatic rings. The minimum atomic E-state index is -0.691. The first-order valence-electron chi connectivity index (χ1n) is 15.2. The van der Waals surface area contributed by atoms with Crippen molar-refractivity contribution in [2.75, 3.05) is 25.6 Å². The highest BCUT2D eigenvalue weighted by atomic mass is 32.1. The van der Waals surface area contributed by atoms with Gasteiger partial charge in [-0.2, -0.15) is 0 Å². The summed E-state index contributed by atoms with van der Waals surface area (Å²) in [5.41, 5.74) is 8.99. The van der Waals surface area contributed by atoms with Crippen LogP contribution < -0.4 is 16.0 Å². The van der Waals surface area contributed by atoms with Gasteiger partial charge in [0, 0.05) is 23.6 Å². The summed E-state index contributed by atoms with van der Waals surface area (Å²) in [6.07, 6.45) is 0.483. The van der Waals surface area contributed by atoms with Gasteiger partial charge in [-0.15, -0.1) is 0 Å². The zero-order chi connectivity index (χ0) is 32.6. The van der Waals surface area contributed by atoms with Gasteiger partial charge in [0.25, 0.3) is 0 Å². The summed E-state index contributed by atoms with van der Waals surface area (Å²) in [6, 6.07) is 28.7. The Morgan fingerprint density at radius 3 is 2.15 bits per heavy atom. The van der Waals surface area contributed by atoms with Gasteiger partial charge in [-0.3, -0.25) is 4.79 Å². The van der Waals surface area contributed by atoms with Gasteiger partial charge in [-0.1, -0.05) is 98.0 Å². The number of hydrogen-bond acceptors (Lipinski definition) is 6. The second kappa shape index (κ2) is 14.8. The number of aryl methyl sites for hydroxylation is 2. The maximum absolute atomic E-state index is 12.6. The minimum Gasteiger partial charge on any atom is -0.467 e. The Labute approximate surface area is 274 Å². The molecule has 1 atom stereocenters. The van der Waals surface area contributed by atoms with E-state index in [1.54, 1.807) is 12.1 Å². The number of carbonyl (C=O) groups is 3. The van der Waals surface area contributed by atoms with E-state index in [-0.39, 0.29) is 19.1 Å². The Morgan fingerprint density at radius 2 is 1.52 bits per heavy atom. The lowest BCUT2D eigenvalue weighted by atomic mass is 9.98. The van der Waals surface area contributed by atoms with Crippen molar-refractivity contribution >= 4 is 40.9 Å². The Balaban J connectivity index is 1.11. The van der Waals surface area contributed by atoms with Crippen molar-refractivity contribution in [1.82, 2.24) is 10.6 Å². The Bertz CT molecular complexity index is 1710. The van der Waals surface area contributed by atoms with E-state index >= 15 is 0 Å². The molecule has 0 aromatic heterocycles. The van der Waals surface area contributed by atoms with Gasteiger partial charge >= 0.3 is 12.1 Å². The predicted molar refractivity (Wildman–Crippen MR) is 183 cm³/mol. The van der Waals surface area contributed by atoms with E-state index in [2.05, 4.69) is 47.1 Å². The molecule has 0 aliphatic heterocycles. The smallest absolute Gasteiger partial charge is 0.407 e. The molecule has 0 spiro atoms. The first-order chi connectivity index (χ1) is 22.3. The molecule has 4 aromatic carbocycles. The second-order valence-corrected chi connectivity index (χ2v) is 11.5. The van der Waals surface area contributed by atoms with E-state index in [1.807, 2.05) is 61.5 Å². The first kappa shape index (κ1) is 32.4. The lowest BCUT2D eigenvalue weighted by Crippen LogP contribution is -2.43. The van der Waals surface area contributed by atoms with Crippen LogP contribution in [0.25, 0.3) is 11.1 Å². The number of anilines is 1. The van der Waals surface area contributed by atoms with Crippen LogP contribution in [0.1, 0.15) is 46.2 Å². The average Bonchev–Trinajstić information content (AvgIpc) is 3.39. The predicted octanol–water partition coefficient (Wildman–Crippen LogP) is 6.08. The Hall–Kier alpha value is -5.02. The number of hydrogen-bond donors (Lipinski definition) is 3. The zero-order valence-corrected chi connectivity index (χ0v) is 26.9. The third kappa shape index (κ3) is 7.43. The normalized spacial score (nSPS) is 12.3. The van der Waals surface area contributed by atoms with Crippen molar-refractivity contribution in [3.63, 3.8) is 0 Å². The third-order valence-electron chi connectivity index (χ3n) is 8.17. The SMILES string of the molecule is CCc1cccc(C)c1C(=S)NC(Cc1ccc(NC(=O)CNC(=O)OCC2c3ccccc3-c3ccccc32)cc1)C(=O)OC. The fourth-order valence-corrected chi connectivity index (χ4v) is 6.32. The van der Waals surface area contributed by atoms with Crippen molar-refractivity contribution in [2.24, 2.45) is 0 Å². The molecule has 0 radical (unpaired) electrons. The van der Waals surface area contributed by atoms with Gasteiger partial charge in [0.1, 0.15) is 24.2 Å². The van der Waals surface area contributed by atoms with Crippen LogP contribution in [-0.4, -0.2) is 49.3 Å². The fraction of sp³-hybridized carbons (Fsp3) is 0.243. The Morgan fingerprint density at radius 1 is 0.870 bits per heavy atom. The zero-order valence-electron chi connectivity index (χ0n) is 26.1. The van der Waals surface area contributed by atoms with Crippen LogP contribution in [0.4, 0.5) is 10.5 Å². The highest BCUT2D eigenvalue weighted by Gasteiger charge is 2.29. The van der Waals surface area contributed by atoms with Crippen molar-refractivity contribution < 1.29 is 23.9 Å². The molecule has 0 fully saturated rings. The van der Waals surface area contributed by atoms with Crippen molar-refractivity contribution in [3.8, 4) is 11.1 Å². The van der Waals surface area contributed by atoms with E-state index in [1.165, 1.54) is 7.11 Å². The molecule has 2 amide bonds. The summed E-state index contributed by atoms with van der Waals surface area (Å²) in [5.74, 6) is -0.886. The van der Waals surface area contributed by atoms with Crippen LogP contribution in [0, 0.1) is 6.92 Å². The molecule has 8 nitrogen and oxygen atoms in total. The number of nitrogens with one attached hydrogen (secondary N) is 3. The first-order valence-corrected chi connectivity index (χ1v) is 15.6. The Kier molecular flexibility index (Phi) is 10.4. The highest BCUT2D eigenvalue weighted by molar-refractivity contribution is 7.80. The molecule has 0 heterocycles. The van der Waals surface area contributed by atoms with Gasteiger partial charge in [0.15, 0.2) is 0 Å². The molecular formula is C37H37N3O5S. The number of alkyl carbamates (subject to hydrolysis) is 1. The molecule has 1 unspecified atom stereocenters. The van der Waals surface area contributed by atoms with Crippen molar-refractivity contribution in [3.05, 3.63) is 124 Å². The number of thiocarbonyl (C=S) groups is 1. The van der Waals surface area contributed by atoms with Crippen LogP contribution in [0.15, 0.2) is 91.0 Å². The summed E-state index contributed by atoms with van der Waals surface area (Å²) in [7, 11) is 1.35. The van der Waals surface area contributed by atoms with Crippen molar-refractivity contribution in [2.45, 2.75) is 38.6 Å². The van der Waals surface area contributed by atoms with E-state index in [0.29, 0.717) is 17.1 Å². The summed E-state index contributed by atoms with van der Waals surface area (Å²) in [6.45, 7) is 3.98. The number of ether oxygens (including phenoxy) is 2. The summed E-state index contributed by atoms with van der Waals surface area (Å²) >= 11 is 5.70. The van der Waals surface area contributed by atoms with Gasteiger partial charge in [-0.25, -0.2) is 9.59 Å². The van der Waals surface area contributed by atoms with Crippen LogP contribution >= 0.6 is 12.2 Å². The molecule has 0 saturated heterocycles. The molecule has 5 rings (SSSR count). The second-order valence-electron chi connectivity index (χ2n) is 11.1. The standard InChI is InChI=1S/C37H37N3O5S/c1-4-25-11-9-10-23(2)34(25)35(46)40-32(36(42)44-3)20-24-16-18-26(19-17-24)39-33(41)21-38-37(43)45-22-31-29-14-7-5-12-27(29)28-13-6-8-15-30(28)31/h5-19,31-32H,4,20-22H2,1-3H3,(H,38,43)(H,39,41)(H,40,46). The van der Waals surface area contributed by atoms with Gasteiger partial charge in [0.05, 0.1) is 7.11 Å². The number of benzene rings is 4.